The number of rotatable bonds is 8. The Balaban J connectivity index is 2.87. The summed E-state index contributed by atoms with van der Waals surface area (Å²) in [4.78, 5) is 13.1. The van der Waals surface area contributed by atoms with Gasteiger partial charge in [-0.2, -0.15) is 10.5 Å². The van der Waals surface area contributed by atoms with Gasteiger partial charge < -0.3 is 14.4 Å². The van der Waals surface area contributed by atoms with Crippen LogP contribution in [0, 0.1) is 22.7 Å². The highest BCUT2D eigenvalue weighted by molar-refractivity contribution is 5.92. The van der Waals surface area contributed by atoms with Crippen LogP contribution in [0.2, 0.25) is 0 Å². The first-order valence-electron chi connectivity index (χ1n) is 6.78. The summed E-state index contributed by atoms with van der Waals surface area (Å²) in [7, 11) is 1.52. The van der Waals surface area contributed by atoms with Gasteiger partial charge in [0, 0.05) is 6.08 Å². The van der Waals surface area contributed by atoms with Crippen molar-refractivity contribution in [2.24, 2.45) is 0 Å². The van der Waals surface area contributed by atoms with Gasteiger partial charge in [0.15, 0.2) is 11.5 Å². The summed E-state index contributed by atoms with van der Waals surface area (Å²) in [5.41, 5.74) is 0.731. The second-order valence-corrected chi connectivity index (χ2v) is 4.35. The molecule has 1 aromatic carbocycles. The number of amides is 1. The van der Waals surface area contributed by atoms with Gasteiger partial charge in [0.05, 0.1) is 19.2 Å². The zero-order chi connectivity index (χ0) is 17.1. The number of benzene rings is 1. The molecule has 0 aliphatic carbocycles. The van der Waals surface area contributed by atoms with Gasteiger partial charge in [0.25, 0.3) is 0 Å². The van der Waals surface area contributed by atoms with Gasteiger partial charge in [-0.3, -0.25) is 4.79 Å². The monoisotopic (exact) mass is 311 g/mol. The number of carbonyl (C=O) groups is 1. The number of nitrogens with zero attached hydrogens (tertiary/aromatic N) is 3. The molecule has 0 aliphatic heterocycles. The molecule has 0 aliphatic rings. The molecule has 23 heavy (non-hydrogen) atoms. The molecule has 1 amide bonds. The Morgan fingerprint density at radius 2 is 2.00 bits per heavy atom. The van der Waals surface area contributed by atoms with Crippen molar-refractivity contribution >= 4 is 12.0 Å². The fourth-order valence-corrected chi connectivity index (χ4v) is 1.71. The van der Waals surface area contributed by atoms with Crippen molar-refractivity contribution in [3.63, 3.8) is 0 Å². The molecule has 0 radical (unpaired) electrons. The van der Waals surface area contributed by atoms with Crippen LogP contribution in [0.3, 0.4) is 0 Å². The SMILES string of the molecule is C=CCOc1ccc(C=CC(=O)N(CC#N)CC#N)cc1OC. The second-order valence-electron chi connectivity index (χ2n) is 4.35. The number of hydrogen-bond donors (Lipinski definition) is 0. The number of methoxy groups -OCH3 is 1. The van der Waals surface area contributed by atoms with Crippen LogP contribution in [0.4, 0.5) is 0 Å². The molecule has 0 bridgehead atoms. The summed E-state index contributed by atoms with van der Waals surface area (Å²) in [6.45, 7) is 3.68. The van der Waals surface area contributed by atoms with Crippen molar-refractivity contribution in [1.82, 2.24) is 4.90 Å². The molecule has 1 rings (SSSR count). The third kappa shape index (κ3) is 5.56. The normalized spacial score (nSPS) is 9.70. The quantitative estimate of drug-likeness (QED) is 0.417. The lowest BCUT2D eigenvalue weighted by Gasteiger charge is -2.13. The minimum Gasteiger partial charge on any atom is -0.493 e. The van der Waals surface area contributed by atoms with Gasteiger partial charge in [0.2, 0.25) is 5.91 Å². The second kappa shape index (κ2) is 9.64. The highest BCUT2D eigenvalue weighted by Gasteiger charge is 2.09. The highest BCUT2D eigenvalue weighted by Crippen LogP contribution is 2.28. The summed E-state index contributed by atoms with van der Waals surface area (Å²) in [5, 5.41) is 17.3. The average molecular weight is 311 g/mol. The number of hydrogen-bond acceptors (Lipinski definition) is 5. The van der Waals surface area contributed by atoms with E-state index in [-0.39, 0.29) is 13.1 Å². The van der Waals surface area contributed by atoms with E-state index in [1.807, 2.05) is 12.1 Å². The van der Waals surface area contributed by atoms with Crippen molar-refractivity contribution in [3.8, 4) is 23.6 Å². The fraction of sp³-hybridized carbons (Fsp3) is 0.235. The van der Waals surface area contributed by atoms with Crippen LogP contribution in [0.15, 0.2) is 36.9 Å². The molecular formula is C17H17N3O3. The average Bonchev–Trinajstić information content (AvgIpc) is 2.57. The molecule has 0 saturated heterocycles. The Morgan fingerprint density at radius 3 is 2.57 bits per heavy atom. The molecular weight excluding hydrogens is 294 g/mol. The van der Waals surface area contributed by atoms with Gasteiger partial charge in [-0.15, -0.1) is 0 Å². The van der Waals surface area contributed by atoms with Crippen LogP contribution in [0.25, 0.3) is 6.08 Å². The molecule has 1 aromatic rings. The molecule has 0 aromatic heterocycles. The Kier molecular flexibility index (Phi) is 7.46. The largest absolute Gasteiger partial charge is 0.493 e. The third-order valence-corrected chi connectivity index (χ3v) is 2.80. The van der Waals surface area contributed by atoms with E-state index in [0.717, 1.165) is 10.5 Å². The molecule has 0 N–H and O–H groups in total. The van der Waals surface area contributed by atoms with Crippen molar-refractivity contribution in [2.75, 3.05) is 26.8 Å². The number of carbonyl (C=O) groups excluding carboxylic acids is 1. The van der Waals surface area contributed by atoms with Crippen molar-refractivity contribution in [1.29, 1.82) is 10.5 Å². The minimum absolute atomic E-state index is 0.131. The number of nitriles is 2. The Hall–Kier alpha value is -3.25. The molecule has 118 valence electrons. The van der Waals surface area contributed by atoms with Gasteiger partial charge in [0.1, 0.15) is 19.7 Å². The fourth-order valence-electron chi connectivity index (χ4n) is 1.71. The van der Waals surface area contributed by atoms with E-state index in [1.54, 1.807) is 30.4 Å². The van der Waals surface area contributed by atoms with Crippen LogP contribution < -0.4 is 9.47 Å². The summed E-state index contributed by atoms with van der Waals surface area (Å²) in [5.74, 6) is 0.706. The topological polar surface area (TPSA) is 86.4 Å². The molecule has 0 unspecified atom stereocenters. The predicted molar refractivity (Wildman–Crippen MR) is 85.5 cm³/mol. The molecule has 0 atom stereocenters. The predicted octanol–water partition coefficient (Wildman–Crippen LogP) is 2.15. The molecule has 0 spiro atoms. The van der Waals surface area contributed by atoms with Gasteiger partial charge in [-0.1, -0.05) is 18.7 Å². The first kappa shape index (κ1) is 17.8. The van der Waals surface area contributed by atoms with Crippen LogP contribution >= 0.6 is 0 Å². The lowest BCUT2D eigenvalue weighted by Crippen LogP contribution is -2.30. The first-order valence-corrected chi connectivity index (χ1v) is 6.78. The van der Waals surface area contributed by atoms with Crippen LogP contribution in [0.5, 0.6) is 11.5 Å². The number of ether oxygens (including phenoxy) is 2. The first-order chi connectivity index (χ1) is 11.2. The lowest BCUT2D eigenvalue weighted by atomic mass is 10.2. The van der Waals surface area contributed by atoms with Crippen LogP contribution in [-0.2, 0) is 4.79 Å². The zero-order valence-corrected chi connectivity index (χ0v) is 12.9. The van der Waals surface area contributed by atoms with E-state index in [9.17, 15) is 4.79 Å². The minimum atomic E-state index is -0.404. The summed E-state index contributed by atoms with van der Waals surface area (Å²) >= 11 is 0. The summed E-state index contributed by atoms with van der Waals surface area (Å²) in [6, 6.07) is 8.93. The molecule has 0 fully saturated rings. The molecule has 6 nitrogen and oxygen atoms in total. The smallest absolute Gasteiger partial charge is 0.248 e. The molecule has 0 heterocycles. The van der Waals surface area contributed by atoms with E-state index < -0.39 is 5.91 Å². The molecule has 0 saturated carbocycles. The Labute approximate surface area is 135 Å². The third-order valence-electron chi connectivity index (χ3n) is 2.80. The van der Waals surface area contributed by atoms with Crippen molar-refractivity contribution < 1.29 is 14.3 Å². The highest BCUT2D eigenvalue weighted by atomic mass is 16.5. The van der Waals surface area contributed by atoms with E-state index in [4.69, 9.17) is 20.0 Å². The maximum Gasteiger partial charge on any atom is 0.248 e. The Bertz CT molecular complexity index is 653. The van der Waals surface area contributed by atoms with Gasteiger partial charge >= 0.3 is 0 Å². The van der Waals surface area contributed by atoms with Crippen LogP contribution in [0.1, 0.15) is 5.56 Å². The van der Waals surface area contributed by atoms with E-state index >= 15 is 0 Å². The van der Waals surface area contributed by atoms with E-state index in [2.05, 4.69) is 6.58 Å². The maximum absolute atomic E-state index is 11.9. The van der Waals surface area contributed by atoms with Crippen LogP contribution in [-0.4, -0.2) is 37.6 Å². The summed E-state index contributed by atoms with van der Waals surface area (Å²) < 4.78 is 10.7. The van der Waals surface area contributed by atoms with E-state index in [0.29, 0.717) is 18.1 Å². The zero-order valence-electron chi connectivity index (χ0n) is 12.9. The van der Waals surface area contributed by atoms with E-state index in [1.165, 1.54) is 13.2 Å². The Morgan fingerprint density at radius 1 is 1.30 bits per heavy atom. The van der Waals surface area contributed by atoms with Gasteiger partial charge in [-0.05, 0) is 23.8 Å². The standard InChI is InChI=1S/C17H17N3O3/c1-3-12-23-15-6-4-14(13-16(15)22-2)5-7-17(21)20(10-8-18)11-9-19/h3-7,13H,1,10-12H2,2H3. The lowest BCUT2D eigenvalue weighted by molar-refractivity contribution is -0.124. The van der Waals surface area contributed by atoms with Crippen molar-refractivity contribution in [2.45, 2.75) is 0 Å². The summed E-state index contributed by atoms with van der Waals surface area (Å²) in [6.07, 6.45) is 4.53. The van der Waals surface area contributed by atoms with Crippen molar-refractivity contribution in [3.05, 3.63) is 42.5 Å². The van der Waals surface area contributed by atoms with Gasteiger partial charge in [-0.25, -0.2) is 0 Å². The maximum atomic E-state index is 11.9. The molecule has 6 heteroatoms.